The lowest BCUT2D eigenvalue weighted by Crippen LogP contribution is -2.33. The van der Waals surface area contributed by atoms with Crippen molar-refractivity contribution in [3.05, 3.63) is 38.9 Å². The molecule has 1 aromatic carbocycles. The molecule has 1 fully saturated rings. The number of nitrogens with one attached hydrogen (secondary N) is 1. The standard InChI is InChI=1S/C18H23N3O2S/c1-2-21-17(23)14-9-8-13(12-15(14)19-18(21)24)16(22)20-10-6-4-3-5-7-11-20/h8-9,12H,2-7,10-11H2,1H3,(H,19,24). The van der Waals surface area contributed by atoms with E-state index in [1.165, 1.54) is 23.8 Å². The van der Waals surface area contributed by atoms with Crippen molar-refractivity contribution < 1.29 is 4.79 Å². The van der Waals surface area contributed by atoms with E-state index in [1.54, 1.807) is 18.2 Å². The maximum absolute atomic E-state index is 12.8. The van der Waals surface area contributed by atoms with Crippen molar-refractivity contribution in [2.24, 2.45) is 0 Å². The SMILES string of the molecule is CCn1c(=S)[nH]c2cc(C(=O)N3CCCCCCC3)ccc2c1=O. The van der Waals surface area contributed by atoms with Crippen molar-refractivity contribution >= 4 is 29.0 Å². The number of hydrogen-bond donors (Lipinski definition) is 1. The molecule has 6 heteroatoms. The van der Waals surface area contributed by atoms with Gasteiger partial charge in [-0.15, -0.1) is 0 Å². The average molecular weight is 345 g/mol. The van der Waals surface area contributed by atoms with Crippen LogP contribution in [0.4, 0.5) is 0 Å². The minimum atomic E-state index is -0.110. The fourth-order valence-electron chi connectivity index (χ4n) is 3.31. The zero-order chi connectivity index (χ0) is 17.1. The highest BCUT2D eigenvalue weighted by atomic mass is 32.1. The first-order valence-electron chi connectivity index (χ1n) is 8.68. The van der Waals surface area contributed by atoms with Gasteiger partial charge in [0.15, 0.2) is 4.77 Å². The second-order valence-electron chi connectivity index (χ2n) is 6.30. The van der Waals surface area contributed by atoms with Crippen molar-refractivity contribution in [3.63, 3.8) is 0 Å². The smallest absolute Gasteiger partial charge is 0.262 e. The van der Waals surface area contributed by atoms with Crippen LogP contribution in [0.1, 0.15) is 49.4 Å². The second kappa shape index (κ2) is 7.30. The molecule has 0 bridgehead atoms. The summed E-state index contributed by atoms with van der Waals surface area (Å²) >= 11 is 5.25. The summed E-state index contributed by atoms with van der Waals surface area (Å²) in [6.07, 6.45) is 5.75. The molecule has 5 nitrogen and oxygen atoms in total. The van der Waals surface area contributed by atoms with Crippen LogP contribution in [-0.2, 0) is 6.54 Å². The van der Waals surface area contributed by atoms with Gasteiger partial charge >= 0.3 is 0 Å². The molecule has 1 aliphatic rings. The summed E-state index contributed by atoms with van der Waals surface area (Å²) in [5.74, 6) is 0.0396. The molecule has 0 atom stereocenters. The molecule has 24 heavy (non-hydrogen) atoms. The highest BCUT2D eigenvalue weighted by Crippen LogP contribution is 2.16. The van der Waals surface area contributed by atoms with Gasteiger partial charge in [0, 0.05) is 25.2 Å². The van der Waals surface area contributed by atoms with Crippen molar-refractivity contribution in [1.82, 2.24) is 14.5 Å². The Bertz CT molecular complexity index is 861. The van der Waals surface area contributed by atoms with Crippen LogP contribution in [0.25, 0.3) is 10.9 Å². The van der Waals surface area contributed by atoms with Gasteiger partial charge in [0.05, 0.1) is 10.9 Å². The van der Waals surface area contributed by atoms with Gasteiger partial charge in [0.1, 0.15) is 0 Å². The van der Waals surface area contributed by atoms with Crippen LogP contribution in [0.3, 0.4) is 0 Å². The third-order valence-electron chi connectivity index (χ3n) is 4.69. The third kappa shape index (κ3) is 3.29. The number of aromatic nitrogens is 2. The number of benzene rings is 1. The van der Waals surface area contributed by atoms with Crippen molar-refractivity contribution in [1.29, 1.82) is 0 Å². The molecule has 0 spiro atoms. The molecule has 0 saturated carbocycles. The van der Waals surface area contributed by atoms with E-state index in [-0.39, 0.29) is 11.5 Å². The Kier molecular flexibility index (Phi) is 5.14. The van der Waals surface area contributed by atoms with Gasteiger partial charge < -0.3 is 9.88 Å². The van der Waals surface area contributed by atoms with Crippen LogP contribution in [0.2, 0.25) is 0 Å². The lowest BCUT2D eigenvalue weighted by Gasteiger charge is -2.25. The first-order chi connectivity index (χ1) is 11.6. The largest absolute Gasteiger partial charge is 0.339 e. The average Bonchev–Trinajstić information content (AvgIpc) is 2.54. The zero-order valence-electron chi connectivity index (χ0n) is 14.0. The number of fused-ring (bicyclic) bond motifs is 1. The van der Waals surface area contributed by atoms with Gasteiger partial charge in [-0.3, -0.25) is 14.2 Å². The number of H-pyrrole nitrogens is 1. The summed E-state index contributed by atoms with van der Waals surface area (Å²) in [7, 11) is 0. The van der Waals surface area contributed by atoms with Crippen LogP contribution in [0.5, 0.6) is 0 Å². The normalized spacial score (nSPS) is 16.0. The van der Waals surface area contributed by atoms with E-state index in [0.717, 1.165) is 25.9 Å². The van der Waals surface area contributed by atoms with Crippen molar-refractivity contribution in [2.45, 2.75) is 45.6 Å². The summed E-state index contributed by atoms with van der Waals surface area (Å²) < 4.78 is 1.92. The fourth-order valence-corrected chi connectivity index (χ4v) is 3.63. The number of nitrogens with zero attached hydrogens (tertiary/aromatic N) is 2. The van der Waals surface area contributed by atoms with E-state index in [2.05, 4.69) is 4.98 Å². The predicted octanol–water partition coefficient (Wildman–Crippen LogP) is 3.49. The molecule has 128 valence electrons. The molecule has 1 aliphatic heterocycles. The number of carbonyl (C=O) groups is 1. The van der Waals surface area contributed by atoms with Gasteiger partial charge in [0.25, 0.3) is 11.5 Å². The maximum atomic E-state index is 12.8. The van der Waals surface area contributed by atoms with Crippen LogP contribution < -0.4 is 5.56 Å². The molecule has 1 aromatic heterocycles. The van der Waals surface area contributed by atoms with E-state index in [0.29, 0.717) is 27.8 Å². The minimum absolute atomic E-state index is 0.0396. The molecule has 1 N–H and O–H groups in total. The first-order valence-corrected chi connectivity index (χ1v) is 9.09. The summed E-state index contributed by atoms with van der Waals surface area (Å²) in [5, 5.41) is 0.565. The highest BCUT2D eigenvalue weighted by molar-refractivity contribution is 7.71. The predicted molar refractivity (Wildman–Crippen MR) is 98.1 cm³/mol. The van der Waals surface area contributed by atoms with Gasteiger partial charge in [-0.25, -0.2) is 0 Å². The summed E-state index contributed by atoms with van der Waals surface area (Å²) in [6.45, 7) is 4.03. The zero-order valence-corrected chi connectivity index (χ0v) is 14.8. The third-order valence-corrected chi connectivity index (χ3v) is 5.01. The topological polar surface area (TPSA) is 58.1 Å². The van der Waals surface area contributed by atoms with E-state index in [1.807, 2.05) is 11.8 Å². The van der Waals surface area contributed by atoms with Crippen molar-refractivity contribution in [3.8, 4) is 0 Å². The molecular weight excluding hydrogens is 322 g/mol. The Balaban J connectivity index is 1.96. The first kappa shape index (κ1) is 16.9. The highest BCUT2D eigenvalue weighted by Gasteiger charge is 2.17. The Hall–Kier alpha value is -1.95. The molecule has 0 aliphatic carbocycles. The monoisotopic (exact) mass is 345 g/mol. The number of amides is 1. The van der Waals surface area contributed by atoms with Crippen molar-refractivity contribution in [2.75, 3.05) is 13.1 Å². The van der Waals surface area contributed by atoms with Gasteiger partial charge in [-0.1, -0.05) is 19.3 Å². The Labute approximate surface area is 146 Å². The number of rotatable bonds is 2. The quantitative estimate of drug-likeness (QED) is 0.848. The minimum Gasteiger partial charge on any atom is -0.339 e. The number of hydrogen-bond acceptors (Lipinski definition) is 3. The molecule has 1 saturated heterocycles. The fraction of sp³-hybridized carbons (Fsp3) is 0.500. The molecule has 0 radical (unpaired) electrons. The molecule has 2 aromatic rings. The molecule has 1 amide bonds. The Morgan fingerprint density at radius 3 is 2.50 bits per heavy atom. The summed E-state index contributed by atoms with van der Waals surface area (Å²) in [6, 6.07) is 5.24. The van der Waals surface area contributed by atoms with Gasteiger partial charge in [0.2, 0.25) is 0 Å². The Morgan fingerprint density at radius 2 is 1.83 bits per heavy atom. The summed E-state index contributed by atoms with van der Waals surface area (Å²) in [5.41, 5.74) is 1.14. The van der Waals surface area contributed by atoms with E-state index < -0.39 is 0 Å². The van der Waals surface area contributed by atoms with Crippen LogP contribution >= 0.6 is 12.2 Å². The lowest BCUT2D eigenvalue weighted by molar-refractivity contribution is 0.0742. The summed E-state index contributed by atoms with van der Waals surface area (Å²) in [4.78, 5) is 30.2. The van der Waals surface area contributed by atoms with Crippen LogP contribution in [-0.4, -0.2) is 33.4 Å². The molecule has 2 heterocycles. The Morgan fingerprint density at radius 1 is 1.17 bits per heavy atom. The number of aromatic amines is 1. The molecule has 0 unspecified atom stereocenters. The van der Waals surface area contributed by atoms with Gasteiger partial charge in [-0.05, 0) is 50.2 Å². The second-order valence-corrected chi connectivity index (χ2v) is 6.69. The molecule has 3 rings (SSSR count). The van der Waals surface area contributed by atoms with Gasteiger partial charge in [-0.2, -0.15) is 0 Å². The van der Waals surface area contributed by atoms with E-state index >= 15 is 0 Å². The lowest BCUT2D eigenvalue weighted by atomic mass is 10.1. The molecular formula is C18H23N3O2S. The van der Waals surface area contributed by atoms with E-state index in [9.17, 15) is 9.59 Å². The van der Waals surface area contributed by atoms with E-state index in [4.69, 9.17) is 12.2 Å². The van der Waals surface area contributed by atoms with Crippen LogP contribution in [0, 0.1) is 4.77 Å². The number of likely N-dealkylation sites (tertiary alicyclic amines) is 1. The number of carbonyl (C=O) groups excluding carboxylic acids is 1. The maximum Gasteiger partial charge on any atom is 0.262 e. The van der Waals surface area contributed by atoms with Crippen LogP contribution in [0.15, 0.2) is 23.0 Å².